The molecule has 2 N–H and O–H groups in total. The Morgan fingerprint density at radius 1 is 1.16 bits per heavy atom. The van der Waals surface area contributed by atoms with E-state index in [1.807, 2.05) is 6.07 Å². The van der Waals surface area contributed by atoms with Crippen LogP contribution in [0.4, 0.5) is 5.00 Å². The molecule has 0 aliphatic carbocycles. The maximum atomic E-state index is 12.4. The number of ether oxygens (including phenoxy) is 1. The number of hydrogen-bond donors (Lipinski definition) is 2. The molecule has 1 aromatic heterocycles. The first-order valence-corrected chi connectivity index (χ1v) is 12.6. The highest BCUT2D eigenvalue weighted by Crippen LogP contribution is 2.38. The van der Waals surface area contributed by atoms with Crippen LogP contribution in [0.25, 0.3) is 0 Å². The number of carbonyl (C=O) groups is 3. The number of thiophene rings is 1. The van der Waals surface area contributed by atoms with Crippen molar-refractivity contribution in [2.75, 3.05) is 24.2 Å². The second-order valence-electron chi connectivity index (χ2n) is 7.04. The lowest BCUT2D eigenvalue weighted by Gasteiger charge is -2.13. The summed E-state index contributed by atoms with van der Waals surface area (Å²) in [5.41, 5.74) is 1.44. The summed E-state index contributed by atoms with van der Waals surface area (Å²) in [4.78, 5) is 37.4. The molecular formula is C21H24N2O6S2. The molecule has 0 unspecified atom stereocenters. The van der Waals surface area contributed by atoms with Crippen LogP contribution in [-0.4, -0.2) is 45.1 Å². The summed E-state index contributed by atoms with van der Waals surface area (Å²) in [5, 5.41) is 5.80. The van der Waals surface area contributed by atoms with Crippen molar-refractivity contribution in [3.63, 3.8) is 0 Å². The number of carbonyl (C=O) groups excluding carboxylic acids is 3. The molecule has 8 nitrogen and oxygen atoms in total. The first-order valence-electron chi connectivity index (χ1n) is 9.96. The van der Waals surface area contributed by atoms with Gasteiger partial charge >= 0.3 is 5.97 Å². The highest BCUT2D eigenvalue weighted by atomic mass is 32.2. The van der Waals surface area contributed by atoms with Crippen molar-refractivity contribution < 1.29 is 27.5 Å². The highest BCUT2D eigenvalue weighted by molar-refractivity contribution is 7.90. The number of anilines is 1. The van der Waals surface area contributed by atoms with Gasteiger partial charge in [-0.25, -0.2) is 13.2 Å². The van der Waals surface area contributed by atoms with Crippen LogP contribution in [0.2, 0.25) is 0 Å². The molecular weight excluding hydrogens is 440 g/mol. The van der Waals surface area contributed by atoms with E-state index in [1.165, 1.54) is 0 Å². The molecule has 0 spiro atoms. The lowest BCUT2D eigenvalue weighted by atomic mass is 10.1. The molecule has 2 amide bonds. The zero-order chi connectivity index (χ0) is 22.4. The van der Waals surface area contributed by atoms with Crippen molar-refractivity contribution in [2.24, 2.45) is 0 Å². The van der Waals surface area contributed by atoms with E-state index in [2.05, 4.69) is 10.6 Å². The van der Waals surface area contributed by atoms with Gasteiger partial charge in [0.2, 0.25) is 5.91 Å². The minimum Gasteiger partial charge on any atom is -0.462 e. The maximum Gasteiger partial charge on any atom is 0.341 e. The number of amides is 2. The lowest BCUT2D eigenvalue weighted by molar-refractivity contribution is -0.116. The van der Waals surface area contributed by atoms with Gasteiger partial charge in [0.25, 0.3) is 5.91 Å². The van der Waals surface area contributed by atoms with E-state index >= 15 is 0 Å². The van der Waals surface area contributed by atoms with Gasteiger partial charge in [-0.2, -0.15) is 0 Å². The van der Waals surface area contributed by atoms with E-state index in [1.54, 1.807) is 31.2 Å². The Morgan fingerprint density at radius 3 is 2.61 bits per heavy atom. The number of nitrogens with one attached hydrogen (secondary N) is 2. The van der Waals surface area contributed by atoms with Crippen LogP contribution >= 0.6 is 11.3 Å². The summed E-state index contributed by atoms with van der Waals surface area (Å²) >= 11 is 1.11. The van der Waals surface area contributed by atoms with Crippen LogP contribution in [0.15, 0.2) is 30.3 Å². The third-order valence-corrected chi connectivity index (χ3v) is 7.62. The minimum absolute atomic E-state index is 0.0301. The van der Waals surface area contributed by atoms with Gasteiger partial charge in [-0.1, -0.05) is 18.2 Å². The number of rotatable bonds is 8. The predicted molar refractivity (Wildman–Crippen MR) is 118 cm³/mol. The largest absolute Gasteiger partial charge is 0.462 e. The molecule has 0 atom stereocenters. The summed E-state index contributed by atoms with van der Waals surface area (Å²) < 4.78 is 29.0. The Labute approximate surface area is 184 Å². The highest BCUT2D eigenvalue weighted by Gasteiger charge is 2.31. The van der Waals surface area contributed by atoms with Crippen LogP contribution < -0.4 is 10.6 Å². The van der Waals surface area contributed by atoms with Gasteiger partial charge in [0.1, 0.15) is 5.00 Å². The number of benzene rings is 1. The zero-order valence-corrected chi connectivity index (χ0v) is 18.7. The molecule has 2 aromatic rings. The van der Waals surface area contributed by atoms with Crippen LogP contribution in [-0.2, 0) is 31.5 Å². The molecule has 166 valence electrons. The van der Waals surface area contributed by atoms with E-state index in [0.29, 0.717) is 34.0 Å². The monoisotopic (exact) mass is 464 g/mol. The molecule has 1 aliphatic heterocycles. The van der Waals surface area contributed by atoms with Gasteiger partial charge in [-0.05, 0) is 37.5 Å². The van der Waals surface area contributed by atoms with Crippen molar-refractivity contribution in [3.8, 4) is 0 Å². The Hall–Kier alpha value is -2.72. The molecule has 1 aromatic carbocycles. The van der Waals surface area contributed by atoms with Crippen molar-refractivity contribution in [1.29, 1.82) is 0 Å². The lowest BCUT2D eigenvalue weighted by Crippen LogP contribution is -2.25. The molecule has 2 heterocycles. The number of hydrogen-bond acceptors (Lipinski definition) is 7. The molecule has 0 bridgehead atoms. The van der Waals surface area contributed by atoms with Gasteiger partial charge < -0.3 is 15.4 Å². The van der Waals surface area contributed by atoms with E-state index < -0.39 is 15.8 Å². The first kappa shape index (κ1) is 23.0. The van der Waals surface area contributed by atoms with Crippen LogP contribution in [0, 0.1) is 0 Å². The van der Waals surface area contributed by atoms with Gasteiger partial charge in [0.15, 0.2) is 9.84 Å². The maximum absolute atomic E-state index is 12.4. The van der Waals surface area contributed by atoms with Crippen molar-refractivity contribution in [3.05, 3.63) is 51.9 Å². The van der Waals surface area contributed by atoms with Crippen molar-refractivity contribution >= 4 is 44.0 Å². The predicted octanol–water partition coefficient (Wildman–Crippen LogP) is 2.54. The molecule has 0 radical (unpaired) electrons. The summed E-state index contributed by atoms with van der Waals surface area (Å²) in [6.45, 7) is 2.19. The number of sulfone groups is 1. The average Bonchev–Trinajstić information content (AvgIpc) is 3.07. The fourth-order valence-corrected chi connectivity index (χ4v) is 6.32. The number of esters is 1. The molecule has 31 heavy (non-hydrogen) atoms. The summed E-state index contributed by atoms with van der Waals surface area (Å²) in [6, 6.07) is 8.78. The fourth-order valence-electron chi connectivity index (χ4n) is 3.26. The minimum atomic E-state index is -3.21. The Morgan fingerprint density at radius 2 is 1.90 bits per heavy atom. The smallest absolute Gasteiger partial charge is 0.341 e. The van der Waals surface area contributed by atoms with E-state index in [0.717, 1.165) is 11.3 Å². The normalized spacial score (nSPS) is 14.4. The molecule has 10 heteroatoms. The summed E-state index contributed by atoms with van der Waals surface area (Å²) in [7, 11) is -3.21. The van der Waals surface area contributed by atoms with Gasteiger partial charge in [-0.15, -0.1) is 11.3 Å². The Bertz CT molecular complexity index is 1080. The Kier molecular flexibility index (Phi) is 7.45. The summed E-state index contributed by atoms with van der Waals surface area (Å²) in [6.07, 6.45) is 0.778. The molecule has 1 aliphatic rings. The van der Waals surface area contributed by atoms with Gasteiger partial charge in [0.05, 0.1) is 23.7 Å². The van der Waals surface area contributed by atoms with Crippen molar-refractivity contribution in [1.82, 2.24) is 5.32 Å². The van der Waals surface area contributed by atoms with E-state index in [4.69, 9.17) is 4.74 Å². The van der Waals surface area contributed by atoms with E-state index in [-0.39, 0.29) is 48.3 Å². The van der Waals surface area contributed by atoms with Gasteiger partial charge in [-0.3, -0.25) is 9.59 Å². The standard InChI is InChI=1S/C21H24N2O6S2/c1-2-29-21(26)18-15-10-12-31(27,28)13-16(15)30-20(18)23-17(24)9-6-11-22-19(25)14-7-4-3-5-8-14/h3-5,7-8H,2,6,9-13H2,1H3,(H,22,25)(H,23,24). The zero-order valence-electron chi connectivity index (χ0n) is 17.1. The average molecular weight is 465 g/mol. The van der Waals surface area contributed by atoms with E-state index in [9.17, 15) is 22.8 Å². The third kappa shape index (κ3) is 5.92. The SMILES string of the molecule is CCOC(=O)c1c(NC(=O)CCCNC(=O)c2ccccc2)sc2c1CCS(=O)(=O)C2. The molecule has 3 rings (SSSR count). The van der Waals surface area contributed by atoms with Gasteiger partial charge in [0, 0.05) is 23.4 Å². The van der Waals surface area contributed by atoms with Crippen molar-refractivity contribution in [2.45, 2.75) is 31.9 Å². The Balaban J connectivity index is 1.61. The van der Waals surface area contributed by atoms with Crippen LogP contribution in [0.3, 0.4) is 0 Å². The molecule has 0 saturated heterocycles. The van der Waals surface area contributed by atoms with Crippen LogP contribution in [0.1, 0.15) is 50.9 Å². The fraction of sp³-hybridized carbons (Fsp3) is 0.381. The second-order valence-corrected chi connectivity index (χ2v) is 10.3. The summed E-state index contributed by atoms with van der Waals surface area (Å²) in [5.74, 6) is -1.26. The van der Waals surface area contributed by atoms with Crippen LogP contribution in [0.5, 0.6) is 0 Å². The topological polar surface area (TPSA) is 119 Å². The first-order chi connectivity index (χ1) is 14.8. The quantitative estimate of drug-likeness (QED) is 0.458. The third-order valence-electron chi connectivity index (χ3n) is 4.74. The number of fused-ring (bicyclic) bond motifs is 1. The second kappa shape index (κ2) is 10.1. The molecule has 0 saturated carbocycles. The molecule has 0 fully saturated rings.